The minimum Gasteiger partial charge on any atom is -0.481 e. The second kappa shape index (κ2) is 6.55. The molecule has 0 saturated heterocycles. The topological polar surface area (TPSA) is 57.6 Å². The Kier molecular flexibility index (Phi) is 4.77. The maximum atomic E-state index is 12.7. The number of hydrogen-bond donors (Lipinski definition) is 1. The zero-order valence-corrected chi connectivity index (χ0v) is 11.8. The van der Waals surface area contributed by atoms with Crippen LogP contribution in [0, 0.1) is 5.92 Å². The molecule has 4 heteroatoms. The molecule has 1 saturated carbocycles. The average molecular weight is 275 g/mol. The average Bonchev–Trinajstić information content (AvgIpc) is 3.25. The predicted octanol–water partition coefficient (Wildman–Crippen LogP) is 2.50. The first-order chi connectivity index (χ1) is 9.63. The second-order valence-corrected chi connectivity index (χ2v) is 5.29. The van der Waals surface area contributed by atoms with Crippen molar-refractivity contribution in [3.63, 3.8) is 0 Å². The van der Waals surface area contributed by atoms with Crippen LogP contribution in [-0.4, -0.2) is 35.0 Å². The fourth-order valence-corrected chi connectivity index (χ4v) is 2.56. The highest BCUT2D eigenvalue weighted by atomic mass is 16.4. The highest BCUT2D eigenvalue weighted by Gasteiger charge is 2.38. The highest BCUT2D eigenvalue weighted by Crippen LogP contribution is 2.43. The summed E-state index contributed by atoms with van der Waals surface area (Å²) in [6.45, 7) is 2.75. The maximum absolute atomic E-state index is 12.7. The van der Waals surface area contributed by atoms with Gasteiger partial charge < -0.3 is 10.0 Å². The Morgan fingerprint density at radius 2 is 1.95 bits per heavy atom. The maximum Gasteiger partial charge on any atom is 0.305 e. The third-order valence-corrected chi connectivity index (χ3v) is 3.81. The van der Waals surface area contributed by atoms with Crippen LogP contribution < -0.4 is 0 Å². The predicted molar refractivity (Wildman–Crippen MR) is 76.4 cm³/mol. The molecular formula is C16H21NO3. The lowest BCUT2D eigenvalue weighted by molar-refractivity contribution is -0.139. The van der Waals surface area contributed by atoms with Crippen LogP contribution in [0.5, 0.6) is 0 Å². The van der Waals surface area contributed by atoms with Crippen molar-refractivity contribution < 1.29 is 14.7 Å². The monoisotopic (exact) mass is 275 g/mol. The van der Waals surface area contributed by atoms with Gasteiger partial charge in [0.2, 0.25) is 5.91 Å². The van der Waals surface area contributed by atoms with Crippen LogP contribution in [0.15, 0.2) is 30.3 Å². The standard InChI is InChI=1S/C16H21NO3/c1-2-17(11-10-14(18)19)16(20)15(13-8-9-13)12-6-4-3-5-7-12/h3-7,13,15H,2,8-11H2,1H3,(H,18,19). The summed E-state index contributed by atoms with van der Waals surface area (Å²) >= 11 is 0. The summed E-state index contributed by atoms with van der Waals surface area (Å²) in [5.41, 5.74) is 1.05. The largest absolute Gasteiger partial charge is 0.481 e. The van der Waals surface area contributed by atoms with Crippen molar-refractivity contribution in [2.75, 3.05) is 13.1 Å². The summed E-state index contributed by atoms with van der Waals surface area (Å²) in [6.07, 6.45) is 2.18. The van der Waals surface area contributed by atoms with Gasteiger partial charge >= 0.3 is 5.97 Å². The summed E-state index contributed by atoms with van der Waals surface area (Å²) in [5, 5.41) is 8.78. The van der Waals surface area contributed by atoms with Crippen LogP contribution in [0.1, 0.15) is 37.7 Å². The molecule has 108 valence electrons. The molecule has 0 bridgehead atoms. The van der Waals surface area contributed by atoms with Crippen LogP contribution >= 0.6 is 0 Å². The van der Waals surface area contributed by atoms with E-state index in [2.05, 4.69) is 0 Å². The van der Waals surface area contributed by atoms with Crippen LogP contribution in [0.2, 0.25) is 0 Å². The molecule has 1 fully saturated rings. The summed E-state index contributed by atoms with van der Waals surface area (Å²) in [5.74, 6) is -0.477. The van der Waals surface area contributed by atoms with Crippen LogP contribution in [0.4, 0.5) is 0 Å². The van der Waals surface area contributed by atoms with Gasteiger partial charge in [-0.3, -0.25) is 9.59 Å². The van der Waals surface area contributed by atoms with Gasteiger partial charge in [-0.15, -0.1) is 0 Å². The van der Waals surface area contributed by atoms with E-state index in [1.54, 1.807) is 4.90 Å². The summed E-state index contributed by atoms with van der Waals surface area (Å²) in [6, 6.07) is 9.83. The van der Waals surface area contributed by atoms with E-state index in [-0.39, 0.29) is 18.2 Å². The number of carbonyl (C=O) groups excluding carboxylic acids is 1. The van der Waals surface area contributed by atoms with Crippen LogP contribution in [0.25, 0.3) is 0 Å². The summed E-state index contributed by atoms with van der Waals surface area (Å²) in [7, 11) is 0. The number of aliphatic carboxylic acids is 1. The quantitative estimate of drug-likeness (QED) is 0.831. The summed E-state index contributed by atoms with van der Waals surface area (Å²) < 4.78 is 0. The minimum absolute atomic E-state index is 0.00571. The number of carboxylic acids is 1. The van der Waals surface area contributed by atoms with Gasteiger partial charge in [-0.2, -0.15) is 0 Å². The molecule has 1 N–H and O–H groups in total. The number of rotatable bonds is 7. The molecular weight excluding hydrogens is 254 g/mol. The van der Waals surface area contributed by atoms with Gasteiger partial charge in [0.1, 0.15) is 0 Å². The fourth-order valence-electron chi connectivity index (χ4n) is 2.56. The molecule has 1 aromatic carbocycles. The van der Waals surface area contributed by atoms with Gasteiger partial charge in [0.15, 0.2) is 0 Å². The Labute approximate surface area is 119 Å². The van der Waals surface area contributed by atoms with Crippen molar-refractivity contribution in [2.24, 2.45) is 5.92 Å². The van der Waals surface area contributed by atoms with Gasteiger partial charge in [-0.25, -0.2) is 0 Å². The van der Waals surface area contributed by atoms with E-state index in [0.29, 0.717) is 19.0 Å². The third-order valence-electron chi connectivity index (χ3n) is 3.81. The molecule has 0 radical (unpaired) electrons. The van der Waals surface area contributed by atoms with E-state index >= 15 is 0 Å². The van der Waals surface area contributed by atoms with Gasteiger partial charge in [0, 0.05) is 13.1 Å². The molecule has 1 unspecified atom stereocenters. The van der Waals surface area contributed by atoms with Crippen molar-refractivity contribution in [3.8, 4) is 0 Å². The zero-order chi connectivity index (χ0) is 14.5. The molecule has 1 aliphatic carbocycles. The molecule has 0 spiro atoms. The van der Waals surface area contributed by atoms with Gasteiger partial charge in [-0.05, 0) is 31.2 Å². The van der Waals surface area contributed by atoms with E-state index in [0.717, 1.165) is 18.4 Å². The number of hydrogen-bond acceptors (Lipinski definition) is 2. The van der Waals surface area contributed by atoms with Crippen molar-refractivity contribution in [1.29, 1.82) is 0 Å². The van der Waals surface area contributed by atoms with Gasteiger partial charge in [0.05, 0.1) is 12.3 Å². The Morgan fingerprint density at radius 1 is 1.30 bits per heavy atom. The lowest BCUT2D eigenvalue weighted by atomic mass is 9.92. The van der Waals surface area contributed by atoms with Crippen molar-refractivity contribution in [2.45, 2.75) is 32.1 Å². The molecule has 0 aliphatic heterocycles. The number of likely N-dealkylation sites (N-methyl/N-ethyl adjacent to an activating group) is 1. The van der Waals surface area contributed by atoms with Crippen molar-refractivity contribution >= 4 is 11.9 Å². The van der Waals surface area contributed by atoms with E-state index in [9.17, 15) is 9.59 Å². The third kappa shape index (κ3) is 3.59. The van der Waals surface area contributed by atoms with Crippen molar-refractivity contribution in [1.82, 2.24) is 4.90 Å². The Bertz CT molecular complexity index is 468. The number of nitrogens with zero attached hydrogens (tertiary/aromatic N) is 1. The molecule has 1 aliphatic rings. The van der Waals surface area contributed by atoms with E-state index in [1.807, 2.05) is 37.3 Å². The molecule has 1 amide bonds. The number of benzene rings is 1. The number of carbonyl (C=O) groups is 2. The van der Waals surface area contributed by atoms with Gasteiger partial charge in [0.25, 0.3) is 0 Å². The number of carboxylic acid groups (broad SMARTS) is 1. The summed E-state index contributed by atoms with van der Waals surface area (Å²) in [4.78, 5) is 25.1. The van der Waals surface area contributed by atoms with Crippen LogP contribution in [-0.2, 0) is 9.59 Å². The smallest absolute Gasteiger partial charge is 0.305 e. The first-order valence-electron chi connectivity index (χ1n) is 7.19. The Morgan fingerprint density at radius 3 is 2.45 bits per heavy atom. The SMILES string of the molecule is CCN(CCC(=O)O)C(=O)C(c1ccccc1)C1CC1. The second-order valence-electron chi connectivity index (χ2n) is 5.29. The molecule has 4 nitrogen and oxygen atoms in total. The van der Waals surface area contributed by atoms with Crippen LogP contribution in [0.3, 0.4) is 0 Å². The number of amides is 1. The molecule has 1 aromatic rings. The van der Waals surface area contributed by atoms with Crippen molar-refractivity contribution in [3.05, 3.63) is 35.9 Å². The Balaban J connectivity index is 2.12. The minimum atomic E-state index is -0.862. The first kappa shape index (κ1) is 14.6. The highest BCUT2D eigenvalue weighted by molar-refractivity contribution is 5.85. The molecule has 1 atom stereocenters. The first-order valence-corrected chi connectivity index (χ1v) is 7.19. The van der Waals surface area contributed by atoms with E-state index < -0.39 is 5.97 Å². The van der Waals surface area contributed by atoms with Gasteiger partial charge in [-0.1, -0.05) is 30.3 Å². The van der Waals surface area contributed by atoms with E-state index in [4.69, 9.17) is 5.11 Å². The van der Waals surface area contributed by atoms with E-state index in [1.165, 1.54) is 0 Å². The lowest BCUT2D eigenvalue weighted by Crippen LogP contribution is -2.37. The molecule has 0 aromatic heterocycles. The molecule has 0 heterocycles. The molecule has 20 heavy (non-hydrogen) atoms. The fraction of sp³-hybridized carbons (Fsp3) is 0.500. The normalized spacial score (nSPS) is 15.7. The Hall–Kier alpha value is -1.84. The molecule has 2 rings (SSSR count). The lowest BCUT2D eigenvalue weighted by Gasteiger charge is -2.26. The zero-order valence-electron chi connectivity index (χ0n) is 11.8.